The maximum Gasteiger partial charge on any atom is 0.194 e. The highest BCUT2D eigenvalue weighted by molar-refractivity contribution is 5.23. The first-order valence-corrected chi connectivity index (χ1v) is 6.64. The van der Waals surface area contributed by atoms with E-state index in [-0.39, 0.29) is 12.6 Å². The molecule has 3 nitrogen and oxygen atoms in total. The van der Waals surface area contributed by atoms with Crippen LogP contribution in [-0.2, 0) is 4.74 Å². The summed E-state index contributed by atoms with van der Waals surface area (Å²) in [5.74, 6) is -3.40. The van der Waals surface area contributed by atoms with E-state index in [9.17, 15) is 13.2 Å². The molecule has 1 fully saturated rings. The van der Waals surface area contributed by atoms with Crippen LogP contribution in [0.15, 0.2) is 12.1 Å². The molecule has 2 unspecified atom stereocenters. The van der Waals surface area contributed by atoms with E-state index < -0.39 is 17.5 Å². The number of ether oxygens (including phenoxy) is 1. The van der Waals surface area contributed by atoms with Gasteiger partial charge >= 0.3 is 0 Å². The minimum Gasteiger partial charge on any atom is -0.384 e. The quantitative estimate of drug-likeness (QED) is 0.843. The number of rotatable bonds is 5. The number of hydrogen-bond acceptors (Lipinski definition) is 3. The summed E-state index contributed by atoms with van der Waals surface area (Å²) in [7, 11) is 1.65. The number of hydrogen-bond donors (Lipinski definition) is 1. The predicted octanol–water partition coefficient (Wildman–Crippen LogP) is 2.07. The third kappa shape index (κ3) is 3.13. The molecular weight excluding hydrogens is 269 g/mol. The number of nitrogens with zero attached hydrogens (tertiary/aromatic N) is 1. The maximum atomic E-state index is 13.3. The monoisotopic (exact) mass is 288 g/mol. The lowest BCUT2D eigenvalue weighted by atomic mass is 10.0. The fourth-order valence-corrected chi connectivity index (χ4v) is 2.78. The summed E-state index contributed by atoms with van der Waals surface area (Å²) in [5, 5.41) is 0. The van der Waals surface area contributed by atoms with E-state index in [4.69, 9.17) is 10.5 Å². The molecule has 1 saturated heterocycles. The van der Waals surface area contributed by atoms with Crippen LogP contribution in [0, 0.1) is 23.4 Å². The molecule has 0 amide bonds. The Morgan fingerprint density at radius 2 is 2.00 bits per heavy atom. The first kappa shape index (κ1) is 15.3. The largest absolute Gasteiger partial charge is 0.384 e. The minimum absolute atomic E-state index is 0.226. The molecule has 0 aliphatic carbocycles. The van der Waals surface area contributed by atoms with Crippen LogP contribution in [0.25, 0.3) is 0 Å². The Bertz CT molecular complexity index is 447. The fourth-order valence-electron chi connectivity index (χ4n) is 2.78. The molecular formula is C14H19F3N2O. The lowest BCUT2D eigenvalue weighted by Crippen LogP contribution is -2.32. The molecule has 1 heterocycles. The van der Waals surface area contributed by atoms with Gasteiger partial charge < -0.3 is 10.5 Å². The van der Waals surface area contributed by atoms with E-state index in [1.807, 2.05) is 0 Å². The summed E-state index contributed by atoms with van der Waals surface area (Å²) in [5.41, 5.74) is 6.11. The number of methoxy groups -OCH3 is 1. The van der Waals surface area contributed by atoms with E-state index in [0.717, 1.165) is 31.6 Å². The highest BCUT2D eigenvalue weighted by atomic mass is 19.2. The van der Waals surface area contributed by atoms with Crippen LogP contribution < -0.4 is 5.73 Å². The normalized spacial score (nSPS) is 21.4. The molecule has 0 spiro atoms. The number of halogens is 3. The summed E-state index contributed by atoms with van der Waals surface area (Å²) in [6.45, 7) is 2.43. The minimum atomic E-state index is -1.44. The first-order valence-electron chi connectivity index (χ1n) is 6.64. The van der Waals surface area contributed by atoms with Crippen molar-refractivity contribution in [1.29, 1.82) is 0 Å². The van der Waals surface area contributed by atoms with Gasteiger partial charge in [-0.2, -0.15) is 0 Å². The fraction of sp³-hybridized carbons (Fsp3) is 0.571. The molecule has 2 N–H and O–H groups in total. The molecule has 2 atom stereocenters. The highest BCUT2D eigenvalue weighted by Crippen LogP contribution is 2.28. The lowest BCUT2D eigenvalue weighted by molar-refractivity contribution is 0.147. The van der Waals surface area contributed by atoms with Crippen LogP contribution in [0.3, 0.4) is 0 Å². The van der Waals surface area contributed by atoms with Crippen molar-refractivity contribution in [2.75, 3.05) is 33.4 Å². The van der Waals surface area contributed by atoms with Crippen LogP contribution in [0.1, 0.15) is 18.0 Å². The first-order chi connectivity index (χ1) is 9.56. The second-order valence-electron chi connectivity index (χ2n) is 5.16. The lowest BCUT2D eigenvalue weighted by Gasteiger charge is -2.27. The molecule has 0 radical (unpaired) electrons. The SMILES string of the molecule is COCC1CCN(C(CN)c2cc(F)c(F)c(F)c2)C1. The van der Waals surface area contributed by atoms with Gasteiger partial charge in [-0.3, -0.25) is 4.90 Å². The second-order valence-corrected chi connectivity index (χ2v) is 5.16. The van der Waals surface area contributed by atoms with Gasteiger partial charge in [-0.15, -0.1) is 0 Å². The number of likely N-dealkylation sites (tertiary alicyclic amines) is 1. The maximum absolute atomic E-state index is 13.3. The van der Waals surface area contributed by atoms with Gasteiger partial charge in [0.05, 0.1) is 6.61 Å². The van der Waals surface area contributed by atoms with Crippen LogP contribution in [0.2, 0.25) is 0 Å². The Morgan fingerprint density at radius 1 is 1.35 bits per heavy atom. The Labute approximate surface area is 116 Å². The molecule has 0 saturated carbocycles. The second kappa shape index (κ2) is 6.56. The van der Waals surface area contributed by atoms with Crippen molar-refractivity contribution in [1.82, 2.24) is 4.90 Å². The summed E-state index contributed by atoms with van der Waals surface area (Å²) in [6, 6.07) is 1.75. The standard InChI is InChI=1S/C14H19F3N2O/c1-20-8-9-2-3-19(7-9)13(6-18)10-4-11(15)14(17)12(16)5-10/h4-5,9,13H,2-3,6-8,18H2,1H3. The van der Waals surface area contributed by atoms with Gasteiger partial charge in [0, 0.05) is 26.2 Å². The zero-order chi connectivity index (χ0) is 14.7. The molecule has 20 heavy (non-hydrogen) atoms. The molecule has 1 aromatic rings. The molecule has 1 aliphatic heterocycles. The summed E-state index contributed by atoms with van der Waals surface area (Å²) in [4.78, 5) is 2.07. The summed E-state index contributed by atoms with van der Waals surface area (Å²) >= 11 is 0. The molecule has 112 valence electrons. The highest BCUT2D eigenvalue weighted by Gasteiger charge is 2.29. The molecule has 0 aromatic heterocycles. The number of nitrogens with two attached hydrogens (primary N) is 1. The van der Waals surface area contributed by atoms with E-state index >= 15 is 0 Å². The predicted molar refractivity (Wildman–Crippen MR) is 69.7 cm³/mol. The van der Waals surface area contributed by atoms with Gasteiger partial charge in [0.1, 0.15) is 0 Å². The zero-order valence-corrected chi connectivity index (χ0v) is 11.4. The van der Waals surface area contributed by atoms with Gasteiger partial charge in [-0.25, -0.2) is 13.2 Å². The van der Waals surface area contributed by atoms with E-state index in [0.29, 0.717) is 18.1 Å². The Morgan fingerprint density at radius 3 is 2.55 bits per heavy atom. The van der Waals surface area contributed by atoms with Crippen molar-refractivity contribution < 1.29 is 17.9 Å². The average Bonchev–Trinajstić information content (AvgIpc) is 2.85. The van der Waals surface area contributed by atoms with E-state index in [1.165, 1.54) is 0 Å². The van der Waals surface area contributed by atoms with Crippen LogP contribution in [0.5, 0.6) is 0 Å². The summed E-state index contributed by atoms with van der Waals surface area (Å²) in [6.07, 6.45) is 0.955. The average molecular weight is 288 g/mol. The van der Waals surface area contributed by atoms with Gasteiger partial charge in [0.15, 0.2) is 17.5 Å². The van der Waals surface area contributed by atoms with Crippen molar-refractivity contribution >= 4 is 0 Å². The van der Waals surface area contributed by atoms with Gasteiger partial charge in [-0.05, 0) is 36.6 Å². The third-order valence-electron chi connectivity index (χ3n) is 3.77. The Hall–Kier alpha value is -1.11. The molecule has 1 aliphatic rings. The zero-order valence-electron chi connectivity index (χ0n) is 11.4. The van der Waals surface area contributed by atoms with Crippen LogP contribution in [0.4, 0.5) is 13.2 Å². The Kier molecular flexibility index (Phi) is 5.01. The molecule has 2 rings (SSSR count). The third-order valence-corrected chi connectivity index (χ3v) is 3.77. The smallest absolute Gasteiger partial charge is 0.194 e. The van der Waals surface area contributed by atoms with Crippen molar-refractivity contribution in [3.8, 4) is 0 Å². The topological polar surface area (TPSA) is 38.5 Å². The summed E-state index contributed by atoms with van der Waals surface area (Å²) < 4.78 is 44.8. The van der Waals surface area contributed by atoms with Crippen molar-refractivity contribution in [2.24, 2.45) is 11.7 Å². The molecule has 6 heteroatoms. The van der Waals surface area contributed by atoms with Gasteiger partial charge in [0.2, 0.25) is 0 Å². The molecule has 1 aromatic carbocycles. The Balaban J connectivity index is 2.17. The van der Waals surface area contributed by atoms with E-state index in [1.54, 1.807) is 7.11 Å². The number of benzene rings is 1. The van der Waals surface area contributed by atoms with Crippen LogP contribution >= 0.6 is 0 Å². The van der Waals surface area contributed by atoms with Gasteiger partial charge in [0.25, 0.3) is 0 Å². The van der Waals surface area contributed by atoms with E-state index in [2.05, 4.69) is 4.90 Å². The van der Waals surface area contributed by atoms with Crippen molar-refractivity contribution in [3.05, 3.63) is 35.1 Å². The van der Waals surface area contributed by atoms with Crippen LogP contribution in [-0.4, -0.2) is 38.3 Å². The van der Waals surface area contributed by atoms with Crippen molar-refractivity contribution in [2.45, 2.75) is 12.5 Å². The van der Waals surface area contributed by atoms with Gasteiger partial charge in [-0.1, -0.05) is 0 Å². The molecule has 0 bridgehead atoms. The van der Waals surface area contributed by atoms with Crippen molar-refractivity contribution in [3.63, 3.8) is 0 Å².